The summed E-state index contributed by atoms with van der Waals surface area (Å²) in [5.41, 5.74) is 9.63. The number of nitrogens with one attached hydrogen (secondary N) is 2. The Morgan fingerprint density at radius 2 is 1.76 bits per heavy atom. The van der Waals surface area contributed by atoms with E-state index in [9.17, 15) is 0 Å². The summed E-state index contributed by atoms with van der Waals surface area (Å²) in [6.45, 7) is 3.45. The predicted molar refractivity (Wildman–Crippen MR) is 117 cm³/mol. The zero-order valence-corrected chi connectivity index (χ0v) is 16.4. The largest absolute Gasteiger partial charge is 0.494 e. The summed E-state index contributed by atoms with van der Waals surface area (Å²) in [5, 5.41) is 11.3. The molecule has 5 rings (SSSR count). The Labute approximate surface area is 170 Å². The van der Waals surface area contributed by atoms with Crippen LogP contribution in [-0.2, 0) is 13.0 Å². The second kappa shape index (κ2) is 7.47. The molecule has 1 aromatic heterocycles. The van der Waals surface area contributed by atoms with Crippen LogP contribution in [0.15, 0.2) is 72.8 Å². The molecule has 1 aliphatic rings. The smallest absolute Gasteiger partial charge is 0.119 e. The van der Waals surface area contributed by atoms with E-state index in [1.165, 1.54) is 22.3 Å². The number of nitrogens with zero attached hydrogens (tertiary/aromatic N) is 1. The van der Waals surface area contributed by atoms with Gasteiger partial charge in [-0.25, -0.2) is 0 Å². The number of H-pyrrole nitrogens is 1. The summed E-state index contributed by atoms with van der Waals surface area (Å²) in [6, 6.07) is 25.3. The number of anilines is 1. The van der Waals surface area contributed by atoms with Gasteiger partial charge in [0, 0.05) is 35.3 Å². The molecule has 1 aliphatic carbocycles. The van der Waals surface area contributed by atoms with Gasteiger partial charge in [0.15, 0.2) is 0 Å². The van der Waals surface area contributed by atoms with Gasteiger partial charge in [-0.05, 0) is 42.3 Å². The lowest BCUT2D eigenvalue weighted by Gasteiger charge is -2.09. The van der Waals surface area contributed by atoms with E-state index in [1.54, 1.807) is 0 Å². The van der Waals surface area contributed by atoms with Crippen molar-refractivity contribution in [2.24, 2.45) is 0 Å². The molecule has 0 saturated heterocycles. The minimum atomic E-state index is 0.685. The normalized spacial score (nSPS) is 11.8. The minimum Gasteiger partial charge on any atom is -0.494 e. The average molecular weight is 381 g/mol. The second-order valence-electron chi connectivity index (χ2n) is 7.27. The highest BCUT2D eigenvalue weighted by atomic mass is 16.5. The number of aromatic amines is 1. The molecule has 0 atom stereocenters. The highest BCUT2D eigenvalue weighted by Gasteiger charge is 2.24. The third-order valence-electron chi connectivity index (χ3n) is 5.41. The molecule has 144 valence electrons. The first-order chi connectivity index (χ1) is 14.3. The van der Waals surface area contributed by atoms with E-state index in [4.69, 9.17) is 4.74 Å². The molecular weight excluding hydrogens is 358 g/mol. The quantitative estimate of drug-likeness (QED) is 0.399. The Hall–Kier alpha value is -3.53. The number of hydrogen-bond donors (Lipinski definition) is 2. The van der Waals surface area contributed by atoms with Crippen LogP contribution >= 0.6 is 0 Å². The molecule has 29 heavy (non-hydrogen) atoms. The number of ether oxygens (including phenoxy) is 1. The molecule has 0 unspecified atom stereocenters. The molecule has 4 nitrogen and oxygen atoms in total. The van der Waals surface area contributed by atoms with Crippen molar-refractivity contribution in [2.75, 3.05) is 11.9 Å². The Morgan fingerprint density at radius 1 is 0.966 bits per heavy atom. The van der Waals surface area contributed by atoms with Gasteiger partial charge in [0.2, 0.25) is 0 Å². The predicted octanol–water partition coefficient (Wildman–Crippen LogP) is 5.66. The summed E-state index contributed by atoms with van der Waals surface area (Å²) >= 11 is 0. The fourth-order valence-corrected chi connectivity index (χ4v) is 3.93. The Balaban J connectivity index is 1.28. The molecule has 4 heteroatoms. The van der Waals surface area contributed by atoms with Crippen LogP contribution < -0.4 is 10.1 Å². The number of rotatable bonds is 6. The van der Waals surface area contributed by atoms with Crippen LogP contribution in [0.25, 0.3) is 22.5 Å². The Morgan fingerprint density at radius 3 is 2.55 bits per heavy atom. The molecule has 0 amide bonds. The van der Waals surface area contributed by atoms with Crippen LogP contribution in [0.2, 0.25) is 0 Å². The van der Waals surface area contributed by atoms with Crippen LogP contribution in [0.4, 0.5) is 5.69 Å². The number of benzene rings is 3. The average Bonchev–Trinajstić information content (AvgIpc) is 3.33. The van der Waals surface area contributed by atoms with Gasteiger partial charge in [-0.3, -0.25) is 5.10 Å². The molecule has 2 N–H and O–H groups in total. The van der Waals surface area contributed by atoms with Crippen molar-refractivity contribution in [2.45, 2.75) is 19.9 Å². The molecule has 0 saturated carbocycles. The summed E-state index contributed by atoms with van der Waals surface area (Å²) in [4.78, 5) is 0. The fraction of sp³-hybridized carbons (Fsp3) is 0.160. The monoisotopic (exact) mass is 381 g/mol. The first-order valence-electron chi connectivity index (χ1n) is 10.0. The van der Waals surface area contributed by atoms with E-state index < -0.39 is 0 Å². The molecular formula is C25H23N3O. The van der Waals surface area contributed by atoms with Crippen LogP contribution in [0.1, 0.15) is 23.6 Å². The van der Waals surface area contributed by atoms with Crippen molar-refractivity contribution in [1.82, 2.24) is 10.2 Å². The Bertz CT molecular complexity index is 1130. The number of hydrogen-bond acceptors (Lipinski definition) is 3. The van der Waals surface area contributed by atoms with E-state index >= 15 is 0 Å². The van der Waals surface area contributed by atoms with E-state index in [0.717, 1.165) is 41.4 Å². The minimum absolute atomic E-state index is 0.685. The van der Waals surface area contributed by atoms with Gasteiger partial charge in [-0.15, -0.1) is 0 Å². The lowest BCUT2D eigenvalue weighted by Crippen LogP contribution is -1.99. The van der Waals surface area contributed by atoms with Crippen molar-refractivity contribution in [3.05, 3.63) is 89.5 Å². The Kier molecular flexibility index (Phi) is 4.53. The summed E-state index contributed by atoms with van der Waals surface area (Å²) in [7, 11) is 0. The van der Waals surface area contributed by atoms with Gasteiger partial charge >= 0.3 is 0 Å². The molecule has 0 radical (unpaired) electrons. The van der Waals surface area contributed by atoms with E-state index in [0.29, 0.717) is 6.61 Å². The SMILES string of the molecule is CCOc1ccc(NCc2ccc(-c3n[nH]c4c3Cc3ccccc3-4)cc2)cc1. The second-order valence-corrected chi connectivity index (χ2v) is 7.27. The molecule has 0 spiro atoms. The molecule has 0 fully saturated rings. The van der Waals surface area contributed by atoms with Crippen LogP contribution in [-0.4, -0.2) is 16.8 Å². The van der Waals surface area contributed by atoms with Crippen molar-refractivity contribution in [1.29, 1.82) is 0 Å². The molecule has 3 aromatic carbocycles. The van der Waals surface area contributed by atoms with E-state index in [-0.39, 0.29) is 0 Å². The maximum absolute atomic E-state index is 5.49. The third kappa shape index (κ3) is 3.38. The highest BCUT2D eigenvalue weighted by Crippen LogP contribution is 2.39. The van der Waals surface area contributed by atoms with Gasteiger partial charge in [0.25, 0.3) is 0 Å². The maximum Gasteiger partial charge on any atom is 0.119 e. The molecule has 1 heterocycles. The first kappa shape index (κ1) is 17.6. The van der Waals surface area contributed by atoms with Gasteiger partial charge in [0.05, 0.1) is 18.0 Å². The third-order valence-corrected chi connectivity index (χ3v) is 5.41. The van der Waals surface area contributed by atoms with Gasteiger partial charge < -0.3 is 10.1 Å². The van der Waals surface area contributed by atoms with E-state index in [1.807, 2.05) is 31.2 Å². The van der Waals surface area contributed by atoms with Crippen LogP contribution in [0.3, 0.4) is 0 Å². The van der Waals surface area contributed by atoms with Crippen LogP contribution in [0.5, 0.6) is 5.75 Å². The van der Waals surface area contributed by atoms with Crippen molar-refractivity contribution in [3.8, 4) is 28.3 Å². The first-order valence-corrected chi connectivity index (χ1v) is 10.0. The topological polar surface area (TPSA) is 49.9 Å². The summed E-state index contributed by atoms with van der Waals surface area (Å²) in [6.07, 6.45) is 0.943. The maximum atomic E-state index is 5.49. The van der Waals surface area contributed by atoms with Gasteiger partial charge in [-0.1, -0.05) is 48.5 Å². The molecule has 0 aliphatic heterocycles. The zero-order valence-electron chi connectivity index (χ0n) is 16.4. The summed E-state index contributed by atoms with van der Waals surface area (Å²) < 4.78 is 5.49. The molecule has 0 bridgehead atoms. The lowest BCUT2D eigenvalue weighted by atomic mass is 10.0. The standard InChI is InChI=1S/C25H23N3O/c1-2-29-21-13-11-20(12-14-21)26-16-17-7-9-18(10-8-17)24-23-15-19-5-3-4-6-22(19)25(23)28-27-24/h3-14,26H,2,15-16H2,1H3,(H,27,28). The van der Waals surface area contributed by atoms with Crippen molar-refractivity contribution < 1.29 is 4.74 Å². The highest BCUT2D eigenvalue weighted by molar-refractivity contribution is 5.80. The van der Waals surface area contributed by atoms with Crippen molar-refractivity contribution >= 4 is 5.69 Å². The lowest BCUT2D eigenvalue weighted by molar-refractivity contribution is 0.340. The van der Waals surface area contributed by atoms with Crippen LogP contribution in [0, 0.1) is 0 Å². The molecule has 4 aromatic rings. The van der Waals surface area contributed by atoms with E-state index in [2.05, 4.69) is 64.0 Å². The fourth-order valence-electron chi connectivity index (χ4n) is 3.93. The van der Waals surface area contributed by atoms with Gasteiger partial charge in [-0.2, -0.15) is 5.10 Å². The number of aromatic nitrogens is 2. The van der Waals surface area contributed by atoms with Crippen molar-refractivity contribution in [3.63, 3.8) is 0 Å². The zero-order chi connectivity index (χ0) is 19.6. The summed E-state index contributed by atoms with van der Waals surface area (Å²) in [5.74, 6) is 0.899. The number of fused-ring (bicyclic) bond motifs is 3. The van der Waals surface area contributed by atoms with Gasteiger partial charge in [0.1, 0.15) is 5.75 Å².